The van der Waals surface area contributed by atoms with Gasteiger partial charge in [-0.05, 0) is 196 Å². The Hall–Kier alpha value is -3.52. The quantitative estimate of drug-likeness (QED) is 0.0590. The molecule has 4 rings (SSSR count). The smallest absolute Gasteiger partial charge is 0.0314 e. The van der Waals surface area contributed by atoms with E-state index < -0.39 is 0 Å². The highest BCUT2D eigenvalue weighted by molar-refractivity contribution is 5.53. The summed E-state index contributed by atoms with van der Waals surface area (Å²) in [4.78, 5) is 0. The standard InChI is InChI=1S/C52H76N2/c1-37-41(5)51(35-45-27-31-47(53)32-28-45)42(6)38(2)49(37)25-23-21-19-17-15-13-11-9-10-12-14-16-18-20-22-24-26-50-39(3)43(7)52(44(8)40(50)4)36-46-29-33-48(54)34-30-46/h27-34H,9-26,35-36,53-54H2,1-8H3. The van der Waals surface area contributed by atoms with Gasteiger partial charge in [-0.1, -0.05) is 114 Å². The molecule has 0 spiro atoms. The molecule has 2 nitrogen and oxygen atoms in total. The first-order valence-corrected chi connectivity index (χ1v) is 21.8. The molecule has 2 heteroatoms. The van der Waals surface area contributed by atoms with Crippen molar-refractivity contribution in [2.45, 2.75) is 184 Å². The molecular weight excluding hydrogens is 653 g/mol. The molecule has 0 unspecified atom stereocenters. The maximum atomic E-state index is 5.92. The summed E-state index contributed by atoms with van der Waals surface area (Å²) in [5, 5.41) is 0. The molecule has 0 fully saturated rings. The van der Waals surface area contributed by atoms with Crippen LogP contribution < -0.4 is 11.5 Å². The fourth-order valence-corrected chi connectivity index (χ4v) is 8.97. The van der Waals surface area contributed by atoms with Crippen LogP contribution in [0.3, 0.4) is 0 Å². The molecule has 0 aromatic heterocycles. The molecule has 0 heterocycles. The van der Waals surface area contributed by atoms with Crippen molar-refractivity contribution >= 4 is 11.4 Å². The van der Waals surface area contributed by atoms with Gasteiger partial charge in [-0.25, -0.2) is 0 Å². The molecule has 0 aliphatic heterocycles. The minimum absolute atomic E-state index is 0.838. The predicted octanol–water partition coefficient (Wildman–Crippen LogP) is 14.5. The normalized spacial score (nSPS) is 11.5. The minimum atomic E-state index is 0.838. The van der Waals surface area contributed by atoms with Crippen molar-refractivity contribution in [3.8, 4) is 0 Å². The molecule has 0 radical (unpaired) electrons. The Morgan fingerprint density at radius 3 is 0.722 bits per heavy atom. The van der Waals surface area contributed by atoms with E-state index in [1.807, 2.05) is 24.3 Å². The van der Waals surface area contributed by atoms with Crippen LogP contribution >= 0.6 is 0 Å². The summed E-state index contributed by atoms with van der Waals surface area (Å²) >= 11 is 0. The average molecular weight is 729 g/mol. The van der Waals surface area contributed by atoms with Gasteiger partial charge in [-0.2, -0.15) is 0 Å². The number of nitrogens with two attached hydrogens (primary N) is 2. The number of rotatable bonds is 23. The number of hydrogen-bond donors (Lipinski definition) is 2. The van der Waals surface area contributed by atoms with Crippen LogP contribution in [0.1, 0.15) is 181 Å². The number of benzene rings is 4. The molecule has 0 saturated carbocycles. The molecule has 0 aliphatic carbocycles. The Bertz CT molecular complexity index is 1550. The van der Waals surface area contributed by atoms with E-state index in [2.05, 4.69) is 79.7 Å². The SMILES string of the molecule is Cc1c(C)c(Cc2ccc(N)cc2)c(C)c(C)c1CCCCCCCCCCCCCCCCCCc1c(C)c(C)c(Cc2ccc(N)cc2)c(C)c1C. The molecule has 0 atom stereocenters. The van der Waals surface area contributed by atoms with Crippen molar-refractivity contribution in [3.05, 3.63) is 126 Å². The van der Waals surface area contributed by atoms with E-state index in [1.165, 1.54) is 182 Å². The summed E-state index contributed by atoms with van der Waals surface area (Å²) in [6, 6.07) is 16.8. The summed E-state index contributed by atoms with van der Waals surface area (Å²) in [5.74, 6) is 0. The molecule has 294 valence electrons. The molecule has 0 aliphatic rings. The Labute approximate surface area is 332 Å². The van der Waals surface area contributed by atoms with Gasteiger partial charge in [0.2, 0.25) is 0 Å². The second-order valence-corrected chi connectivity index (χ2v) is 16.9. The lowest BCUT2D eigenvalue weighted by molar-refractivity contribution is 0.527. The van der Waals surface area contributed by atoms with E-state index in [4.69, 9.17) is 11.5 Å². The van der Waals surface area contributed by atoms with Gasteiger partial charge in [-0.15, -0.1) is 0 Å². The molecule has 4 aromatic rings. The van der Waals surface area contributed by atoms with Gasteiger partial charge in [-0.3, -0.25) is 0 Å². The van der Waals surface area contributed by atoms with Crippen LogP contribution in [-0.2, 0) is 25.7 Å². The lowest BCUT2D eigenvalue weighted by atomic mass is 9.84. The molecule has 0 saturated heterocycles. The highest BCUT2D eigenvalue weighted by Crippen LogP contribution is 2.32. The highest BCUT2D eigenvalue weighted by Gasteiger charge is 2.16. The van der Waals surface area contributed by atoms with Crippen LogP contribution in [0, 0.1) is 55.4 Å². The third kappa shape index (κ3) is 12.5. The predicted molar refractivity (Wildman–Crippen MR) is 239 cm³/mol. The fourth-order valence-electron chi connectivity index (χ4n) is 8.97. The van der Waals surface area contributed by atoms with Crippen molar-refractivity contribution < 1.29 is 0 Å². The molecule has 54 heavy (non-hydrogen) atoms. The Balaban J connectivity index is 0.994. The first-order valence-electron chi connectivity index (χ1n) is 21.8. The second-order valence-electron chi connectivity index (χ2n) is 16.9. The number of hydrogen-bond acceptors (Lipinski definition) is 2. The monoisotopic (exact) mass is 729 g/mol. The van der Waals surface area contributed by atoms with Crippen molar-refractivity contribution in [2.24, 2.45) is 0 Å². The largest absolute Gasteiger partial charge is 0.399 e. The van der Waals surface area contributed by atoms with Crippen LogP contribution in [0.2, 0.25) is 0 Å². The van der Waals surface area contributed by atoms with Crippen molar-refractivity contribution in [1.82, 2.24) is 0 Å². The Morgan fingerprint density at radius 2 is 0.481 bits per heavy atom. The third-order valence-electron chi connectivity index (χ3n) is 13.2. The first-order chi connectivity index (χ1) is 26.0. The maximum Gasteiger partial charge on any atom is 0.0314 e. The van der Waals surface area contributed by atoms with Gasteiger partial charge in [0.1, 0.15) is 0 Å². The van der Waals surface area contributed by atoms with Gasteiger partial charge < -0.3 is 11.5 Å². The average Bonchev–Trinajstić information content (AvgIpc) is 3.16. The van der Waals surface area contributed by atoms with Gasteiger partial charge in [0, 0.05) is 11.4 Å². The van der Waals surface area contributed by atoms with Gasteiger partial charge in [0.05, 0.1) is 0 Å². The summed E-state index contributed by atoms with van der Waals surface area (Å²) < 4.78 is 0. The Kier molecular flexibility index (Phi) is 17.7. The van der Waals surface area contributed by atoms with E-state index in [1.54, 1.807) is 11.1 Å². The topological polar surface area (TPSA) is 52.0 Å². The zero-order valence-electron chi connectivity index (χ0n) is 35.9. The van der Waals surface area contributed by atoms with E-state index >= 15 is 0 Å². The van der Waals surface area contributed by atoms with E-state index in [-0.39, 0.29) is 0 Å². The molecule has 4 N–H and O–H groups in total. The molecule has 4 aromatic carbocycles. The van der Waals surface area contributed by atoms with Crippen molar-refractivity contribution in [3.63, 3.8) is 0 Å². The van der Waals surface area contributed by atoms with Crippen LogP contribution in [0.15, 0.2) is 48.5 Å². The summed E-state index contributed by atoms with van der Waals surface area (Å²) in [5.41, 5.74) is 34.4. The van der Waals surface area contributed by atoms with Gasteiger partial charge in [0.15, 0.2) is 0 Å². The van der Waals surface area contributed by atoms with E-state index in [0.717, 1.165) is 24.2 Å². The van der Waals surface area contributed by atoms with E-state index in [0.29, 0.717) is 0 Å². The number of anilines is 2. The molecule has 0 bridgehead atoms. The number of unbranched alkanes of at least 4 members (excludes halogenated alkanes) is 15. The van der Waals surface area contributed by atoms with Crippen LogP contribution in [-0.4, -0.2) is 0 Å². The third-order valence-corrected chi connectivity index (χ3v) is 13.2. The van der Waals surface area contributed by atoms with Crippen LogP contribution in [0.25, 0.3) is 0 Å². The lowest BCUT2D eigenvalue weighted by Crippen LogP contribution is -2.06. The fraction of sp³-hybridized carbons (Fsp3) is 0.538. The summed E-state index contributed by atoms with van der Waals surface area (Å²) in [6.07, 6.45) is 26.8. The highest BCUT2D eigenvalue weighted by atomic mass is 14.5. The Morgan fingerprint density at radius 1 is 0.278 bits per heavy atom. The van der Waals surface area contributed by atoms with Gasteiger partial charge >= 0.3 is 0 Å². The van der Waals surface area contributed by atoms with Gasteiger partial charge in [0.25, 0.3) is 0 Å². The second kappa shape index (κ2) is 22.1. The molecule has 0 amide bonds. The zero-order valence-corrected chi connectivity index (χ0v) is 35.9. The summed E-state index contributed by atoms with van der Waals surface area (Å²) in [6.45, 7) is 18.7. The maximum absolute atomic E-state index is 5.92. The van der Waals surface area contributed by atoms with Crippen molar-refractivity contribution in [1.29, 1.82) is 0 Å². The lowest BCUT2D eigenvalue weighted by Gasteiger charge is -2.21. The minimum Gasteiger partial charge on any atom is -0.399 e. The van der Waals surface area contributed by atoms with Crippen LogP contribution in [0.5, 0.6) is 0 Å². The summed E-state index contributed by atoms with van der Waals surface area (Å²) in [7, 11) is 0. The first kappa shape index (κ1) is 43.2. The van der Waals surface area contributed by atoms with E-state index in [9.17, 15) is 0 Å². The molecular formula is C52H76N2. The van der Waals surface area contributed by atoms with Crippen molar-refractivity contribution in [2.75, 3.05) is 11.5 Å². The van der Waals surface area contributed by atoms with Crippen LogP contribution in [0.4, 0.5) is 11.4 Å². The zero-order chi connectivity index (χ0) is 39.0. The number of nitrogen functional groups attached to an aromatic ring is 2.